The van der Waals surface area contributed by atoms with Crippen molar-refractivity contribution in [1.82, 2.24) is 4.98 Å². The van der Waals surface area contributed by atoms with Crippen LogP contribution >= 0.6 is 0 Å². The fourth-order valence-electron chi connectivity index (χ4n) is 1.87. The molecule has 0 atom stereocenters. The second kappa shape index (κ2) is 6.17. The van der Waals surface area contributed by atoms with Gasteiger partial charge in [-0.25, -0.2) is 0 Å². The Morgan fingerprint density at radius 3 is 2.83 bits per heavy atom. The largest absolute Gasteiger partial charge is 0.381 e. The van der Waals surface area contributed by atoms with Crippen LogP contribution < -0.4 is 5.32 Å². The van der Waals surface area contributed by atoms with Crippen LogP contribution in [0.2, 0.25) is 0 Å². The van der Waals surface area contributed by atoms with Gasteiger partial charge in [-0.1, -0.05) is 24.3 Å². The summed E-state index contributed by atoms with van der Waals surface area (Å²) in [4.78, 5) is 4.08. The van der Waals surface area contributed by atoms with E-state index in [0.717, 1.165) is 17.8 Å². The van der Waals surface area contributed by atoms with E-state index in [2.05, 4.69) is 41.5 Å². The smallest absolute Gasteiger partial charge is 0.0713 e. The standard InChI is InChI=1S/C15H18N2O/c1-12-9-16-7-6-15(12)17-10-13-4-3-5-14(8-13)11-18-2/h3-9H,10-11H2,1-2H3,(H,16,17). The summed E-state index contributed by atoms with van der Waals surface area (Å²) in [6.07, 6.45) is 3.67. The Labute approximate surface area is 108 Å². The minimum absolute atomic E-state index is 0.655. The Hall–Kier alpha value is -1.87. The van der Waals surface area contributed by atoms with Gasteiger partial charge in [0.15, 0.2) is 0 Å². The predicted octanol–water partition coefficient (Wildman–Crippen LogP) is 3.15. The van der Waals surface area contributed by atoms with Crippen molar-refractivity contribution in [1.29, 1.82) is 0 Å². The molecule has 1 N–H and O–H groups in total. The summed E-state index contributed by atoms with van der Waals surface area (Å²) in [6.45, 7) is 3.52. The van der Waals surface area contributed by atoms with E-state index in [-0.39, 0.29) is 0 Å². The van der Waals surface area contributed by atoms with Gasteiger partial charge in [-0.2, -0.15) is 0 Å². The number of hydrogen-bond donors (Lipinski definition) is 1. The second-order valence-corrected chi connectivity index (χ2v) is 4.30. The highest BCUT2D eigenvalue weighted by atomic mass is 16.5. The van der Waals surface area contributed by atoms with Crippen molar-refractivity contribution in [2.75, 3.05) is 12.4 Å². The van der Waals surface area contributed by atoms with E-state index in [0.29, 0.717) is 6.61 Å². The Balaban J connectivity index is 2.02. The maximum Gasteiger partial charge on any atom is 0.0713 e. The third-order valence-electron chi connectivity index (χ3n) is 2.81. The normalized spacial score (nSPS) is 10.3. The van der Waals surface area contributed by atoms with E-state index in [1.54, 1.807) is 13.3 Å². The van der Waals surface area contributed by atoms with Crippen LogP contribution in [0.3, 0.4) is 0 Å². The van der Waals surface area contributed by atoms with Gasteiger partial charge in [-0.3, -0.25) is 4.98 Å². The molecule has 1 aromatic heterocycles. The molecule has 0 fully saturated rings. The van der Waals surface area contributed by atoms with Gasteiger partial charge in [0.1, 0.15) is 0 Å². The maximum absolute atomic E-state index is 5.14. The Kier molecular flexibility index (Phi) is 4.31. The van der Waals surface area contributed by atoms with Crippen molar-refractivity contribution in [3.8, 4) is 0 Å². The van der Waals surface area contributed by atoms with Gasteiger partial charge in [0, 0.05) is 31.7 Å². The highest BCUT2D eigenvalue weighted by Crippen LogP contribution is 2.14. The number of rotatable bonds is 5. The first-order chi connectivity index (χ1) is 8.79. The van der Waals surface area contributed by atoms with Crippen LogP contribution in [0, 0.1) is 6.92 Å². The van der Waals surface area contributed by atoms with Crippen LogP contribution in [0.4, 0.5) is 5.69 Å². The summed E-state index contributed by atoms with van der Waals surface area (Å²) < 4.78 is 5.14. The van der Waals surface area contributed by atoms with Gasteiger partial charge >= 0.3 is 0 Å². The number of aromatic nitrogens is 1. The number of aryl methyl sites for hydroxylation is 1. The summed E-state index contributed by atoms with van der Waals surface area (Å²) >= 11 is 0. The molecule has 0 amide bonds. The lowest BCUT2D eigenvalue weighted by Gasteiger charge is -2.10. The molecule has 3 heteroatoms. The predicted molar refractivity (Wildman–Crippen MR) is 73.5 cm³/mol. The SMILES string of the molecule is COCc1cccc(CNc2ccncc2C)c1. The monoisotopic (exact) mass is 242 g/mol. The molecule has 0 saturated heterocycles. The summed E-state index contributed by atoms with van der Waals surface area (Å²) in [7, 11) is 1.71. The highest BCUT2D eigenvalue weighted by molar-refractivity contribution is 5.49. The second-order valence-electron chi connectivity index (χ2n) is 4.30. The highest BCUT2D eigenvalue weighted by Gasteiger charge is 1.99. The van der Waals surface area contributed by atoms with Gasteiger partial charge in [-0.15, -0.1) is 0 Å². The van der Waals surface area contributed by atoms with E-state index in [9.17, 15) is 0 Å². The topological polar surface area (TPSA) is 34.1 Å². The van der Waals surface area contributed by atoms with Crippen LogP contribution in [0.1, 0.15) is 16.7 Å². The molecule has 1 heterocycles. The van der Waals surface area contributed by atoms with Gasteiger partial charge in [0.2, 0.25) is 0 Å². The average Bonchev–Trinajstić information content (AvgIpc) is 2.39. The Morgan fingerprint density at radius 2 is 2.06 bits per heavy atom. The molecule has 2 rings (SSSR count). The van der Waals surface area contributed by atoms with E-state index >= 15 is 0 Å². The summed E-state index contributed by atoms with van der Waals surface area (Å²) in [5.74, 6) is 0. The van der Waals surface area contributed by atoms with Crippen LogP contribution in [0.5, 0.6) is 0 Å². The molecule has 0 spiro atoms. The number of nitrogens with one attached hydrogen (secondary N) is 1. The molecule has 0 aliphatic heterocycles. The zero-order valence-electron chi connectivity index (χ0n) is 10.8. The van der Waals surface area contributed by atoms with Crippen molar-refractivity contribution in [2.24, 2.45) is 0 Å². The molecule has 18 heavy (non-hydrogen) atoms. The van der Waals surface area contributed by atoms with Gasteiger partial charge in [-0.05, 0) is 29.7 Å². The molecule has 0 saturated carbocycles. The lowest BCUT2D eigenvalue weighted by atomic mass is 10.1. The number of hydrogen-bond acceptors (Lipinski definition) is 3. The summed E-state index contributed by atoms with van der Waals surface area (Å²) in [5, 5.41) is 3.42. The van der Waals surface area contributed by atoms with E-state index < -0.39 is 0 Å². The van der Waals surface area contributed by atoms with Gasteiger partial charge < -0.3 is 10.1 Å². The number of nitrogens with zero attached hydrogens (tertiary/aromatic N) is 1. The third kappa shape index (κ3) is 3.31. The lowest BCUT2D eigenvalue weighted by Crippen LogP contribution is -2.02. The third-order valence-corrected chi connectivity index (χ3v) is 2.81. The zero-order chi connectivity index (χ0) is 12.8. The average molecular weight is 242 g/mol. The molecule has 2 aromatic rings. The molecule has 0 aliphatic rings. The summed E-state index contributed by atoms with van der Waals surface area (Å²) in [5.41, 5.74) is 4.73. The number of benzene rings is 1. The first-order valence-corrected chi connectivity index (χ1v) is 6.01. The molecular weight excluding hydrogens is 224 g/mol. The molecule has 0 aliphatic carbocycles. The number of pyridine rings is 1. The fraction of sp³-hybridized carbons (Fsp3) is 0.267. The van der Waals surface area contributed by atoms with Crippen LogP contribution in [-0.2, 0) is 17.9 Å². The molecule has 0 unspecified atom stereocenters. The number of methoxy groups -OCH3 is 1. The molecule has 1 aromatic carbocycles. The zero-order valence-corrected chi connectivity index (χ0v) is 10.8. The van der Waals surface area contributed by atoms with Crippen LogP contribution in [0.25, 0.3) is 0 Å². The molecule has 0 radical (unpaired) electrons. The van der Waals surface area contributed by atoms with Gasteiger partial charge in [0.05, 0.1) is 6.61 Å². The number of ether oxygens (including phenoxy) is 1. The van der Waals surface area contributed by atoms with Crippen molar-refractivity contribution in [3.63, 3.8) is 0 Å². The van der Waals surface area contributed by atoms with E-state index in [1.807, 2.05) is 12.3 Å². The molecule has 0 bridgehead atoms. The molecular formula is C15H18N2O. The first kappa shape index (κ1) is 12.6. The van der Waals surface area contributed by atoms with Crippen LogP contribution in [-0.4, -0.2) is 12.1 Å². The first-order valence-electron chi connectivity index (χ1n) is 6.01. The molecule has 94 valence electrons. The van der Waals surface area contributed by atoms with Crippen molar-refractivity contribution in [2.45, 2.75) is 20.1 Å². The summed E-state index contributed by atoms with van der Waals surface area (Å²) in [6, 6.07) is 10.4. The van der Waals surface area contributed by atoms with Crippen molar-refractivity contribution in [3.05, 3.63) is 59.4 Å². The Bertz CT molecular complexity index is 511. The Morgan fingerprint density at radius 1 is 1.22 bits per heavy atom. The minimum Gasteiger partial charge on any atom is -0.381 e. The van der Waals surface area contributed by atoms with E-state index in [4.69, 9.17) is 4.74 Å². The maximum atomic E-state index is 5.14. The van der Waals surface area contributed by atoms with Crippen molar-refractivity contribution >= 4 is 5.69 Å². The van der Waals surface area contributed by atoms with Crippen LogP contribution in [0.15, 0.2) is 42.7 Å². The van der Waals surface area contributed by atoms with Crippen molar-refractivity contribution < 1.29 is 4.74 Å². The van der Waals surface area contributed by atoms with E-state index in [1.165, 1.54) is 11.1 Å². The quantitative estimate of drug-likeness (QED) is 0.874. The van der Waals surface area contributed by atoms with Gasteiger partial charge in [0.25, 0.3) is 0 Å². The fourth-order valence-corrected chi connectivity index (χ4v) is 1.87. The molecule has 3 nitrogen and oxygen atoms in total. The minimum atomic E-state index is 0.655. The lowest BCUT2D eigenvalue weighted by molar-refractivity contribution is 0.185. The number of anilines is 1.